The second-order valence-corrected chi connectivity index (χ2v) is 12.9. The predicted molar refractivity (Wildman–Crippen MR) is 149 cm³/mol. The number of benzene rings is 1. The number of carboxylic acids is 1. The number of thioether (sulfide) groups is 1. The number of hydrogen-bond acceptors (Lipinski definition) is 8. The highest BCUT2D eigenvalue weighted by Gasteiger charge is 2.57. The molecule has 1 aliphatic heterocycles. The minimum absolute atomic E-state index is 0.00763. The number of ether oxygens (including phenoxy) is 2. The van der Waals surface area contributed by atoms with E-state index in [9.17, 15) is 24.6 Å². The quantitative estimate of drug-likeness (QED) is 0.417. The number of likely N-dealkylation sites (tertiary alicyclic amines) is 1. The summed E-state index contributed by atoms with van der Waals surface area (Å²) in [6.45, 7) is 6.63. The van der Waals surface area contributed by atoms with E-state index in [1.165, 1.54) is 0 Å². The van der Waals surface area contributed by atoms with E-state index in [0.29, 0.717) is 37.4 Å². The van der Waals surface area contributed by atoms with Crippen molar-refractivity contribution < 1.29 is 34.1 Å². The average Bonchev–Trinajstić information content (AvgIpc) is 3.30. The van der Waals surface area contributed by atoms with E-state index >= 15 is 0 Å². The Morgan fingerprint density at radius 3 is 2.49 bits per heavy atom. The van der Waals surface area contributed by atoms with Crippen LogP contribution in [0.15, 0.2) is 18.2 Å². The third kappa shape index (κ3) is 5.52. The summed E-state index contributed by atoms with van der Waals surface area (Å²) in [5.74, 6) is -1.58. The highest BCUT2D eigenvalue weighted by Crippen LogP contribution is 2.55. The fourth-order valence-corrected chi connectivity index (χ4v) is 9.38. The molecule has 1 amide bonds. The topological polar surface area (TPSA) is 125 Å². The Morgan fingerprint density at radius 1 is 1.18 bits per heavy atom. The van der Waals surface area contributed by atoms with Crippen molar-refractivity contribution in [1.82, 2.24) is 10.2 Å². The summed E-state index contributed by atoms with van der Waals surface area (Å²) in [5, 5.41) is 23.5. The molecule has 2 saturated carbocycles. The first-order chi connectivity index (χ1) is 18.5. The number of carbonyl (C=O) groups excluding carboxylic acids is 2. The summed E-state index contributed by atoms with van der Waals surface area (Å²) >= 11 is 1.66. The summed E-state index contributed by atoms with van der Waals surface area (Å²) in [7, 11) is 4.82. The predicted octanol–water partition coefficient (Wildman–Crippen LogP) is 2.68. The number of aliphatic carboxylic acids is 1. The summed E-state index contributed by atoms with van der Waals surface area (Å²) in [5.41, 5.74) is 0.910. The Hall–Kier alpha value is -2.30. The fourth-order valence-electron chi connectivity index (χ4n) is 7.43. The Labute approximate surface area is 235 Å². The molecule has 4 rings (SSSR count). The van der Waals surface area contributed by atoms with Gasteiger partial charge in [0.15, 0.2) is 11.5 Å². The van der Waals surface area contributed by atoms with Crippen LogP contribution >= 0.6 is 11.8 Å². The van der Waals surface area contributed by atoms with Crippen LogP contribution in [0.2, 0.25) is 0 Å². The molecule has 2 aliphatic carbocycles. The molecule has 10 atom stereocenters. The molecule has 1 saturated heterocycles. The normalized spacial score (nSPS) is 35.4. The van der Waals surface area contributed by atoms with E-state index in [1.807, 2.05) is 32.0 Å². The Bertz CT molecular complexity index is 1080. The van der Waals surface area contributed by atoms with Gasteiger partial charge in [0.1, 0.15) is 5.78 Å². The van der Waals surface area contributed by atoms with Crippen LogP contribution in [0.1, 0.15) is 39.2 Å². The highest BCUT2D eigenvalue weighted by atomic mass is 32.2. The van der Waals surface area contributed by atoms with E-state index in [0.717, 1.165) is 5.56 Å². The molecule has 1 aromatic rings. The number of rotatable bonds is 9. The number of aliphatic hydroxyl groups excluding tert-OH is 1. The Morgan fingerprint density at radius 2 is 1.90 bits per heavy atom. The maximum absolute atomic E-state index is 13.2. The van der Waals surface area contributed by atoms with Crippen molar-refractivity contribution in [3.63, 3.8) is 0 Å². The Kier molecular flexibility index (Phi) is 9.18. The lowest BCUT2D eigenvalue weighted by molar-refractivity contribution is -0.157. The van der Waals surface area contributed by atoms with Crippen LogP contribution < -0.4 is 14.8 Å². The van der Waals surface area contributed by atoms with E-state index in [-0.39, 0.29) is 46.0 Å². The minimum Gasteiger partial charge on any atom is -0.493 e. The van der Waals surface area contributed by atoms with E-state index < -0.39 is 29.8 Å². The number of Topliss-reactive ketones (excluding diaryl/α,β-unsaturated/α-hetero) is 1. The number of nitrogens with one attached hydrogen (secondary N) is 1. The molecule has 2 bridgehead atoms. The summed E-state index contributed by atoms with van der Waals surface area (Å²) < 4.78 is 11.1. The van der Waals surface area contributed by atoms with Gasteiger partial charge in [0.25, 0.3) is 0 Å². The van der Waals surface area contributed by atoms with Gasteiger partial charge in [-0.25, -0.2) is 0 Å². The molecule has 10 heteroatoms. The molecule has 0 spiro atoms. The van der Waals surface area contributed by atoms with Crippen molar-refractivity contribution in [2.45, 2.75) is 62.8 Å². The molecule has 9 nitrogen and oxygen atoms in total. The molecule has 10 unspecified atom stereocenters. The first-order valence-corrected chi connectivity index (χ1v) is 14.7. The molecule has 3 aliphatic rings. The zero-order valence-corrected chi connectivity index (χ0v) is 24.4. The van der Waals surface area contributed by atoms with Gasteiger partial charge >= 0.3 is 5.97 Å². The number of aliphatic hydroxyl groups is 1. The first kappa shape index (κ1) is 29.7. The van der Waals surface area contributed by atoms with E-state index in [2.05, 4.69) is 10.2 Å². The summed E-state index contributed by atoms with van der Waals surface area (Å²) in [6, 6.07) is 5.33. The van der Waals surface area contributed by atoms with Gasteiger partial charge in [-0.1, -0.05) is 26.0 Å². The molecular formula is C29H42N2O7S. The minimum atomic E-state index is -0.864. The molecule has 216 valence electrons. The Balaban J connectivity index is 1.60. The second-order valence-electron chi connectivity index (χ2n) is 11.4. The smallest absolute Gasteiger partial charge is 0.307 e. The van der Waals surface area contributed by atoms with Crippen LogP contribution in [-0.2, 0) is 20.9 Å². The summed E-state index contributed by atoms with van der Waals surface area (Å²) in [6.07, 6.45) is 0.471. The van der Waals surface area contributed by atoms with Crippen LogP contribution in [0, 0.1) is 35.5 Å². The molecular weight excluding hydrogens is 520 g/mol. The van der Waals surface area contributed by atoms with Crippen molar-refractivity contribution in [1.29, 1.82) is 0 Å². The molecule has 3 fully saturated rings. The van der Waals surface area contributed by atoms with Crippen LogP contribution in [-0.4, -0.2) is 83.2 Å². The standard InChI is InChI=1S/C29H42N2O7S/c1-14-19-11-20(23(16(3)32)25(14)33)15(2)27(24(19)29(35)36)39-18-10-21(28(34)30-4)31(13-18)12-17-8-7-9-22(37-5)26(17)38-6/h7-9,14-16,18-21,23-24,27,32H,10-13H2,1-6H3,(H,30,34)(H,35,36). The number of likely N-dealkylation sites (N-methyl/N-ethyl adjacent to an activating group) is 1. The van der Waals surface area contributed by atoms with Gasteiger partial charge in [-0.15, -0.1) is 0 Å². The third-order valence-corrected chi connectivity index (χ3v) is 11.1. The number of carboxylic acid groups (broad SMARTS) is 1. The number of hydrogen-bond donors (Lipinski definition) is 3. The van der Waals surface area contributed by atoms with Gasteiger partial charge in [0.2, 0.25) is 5.91 Å². The fraction of sp³-hybridized carbons (Fsp3) is 0.690. The van der Waals surface area contributed by atoms with E-state index in [1.54, 1.807) is 40.0 Å². The van der Waals surface area contributed by atoms with Crippen molar-refractivity contribution in [2.75, 3.05) is 27.8 Å². The number of ketones is 1. The van der Waals surface area contributed by atoms with Gasteiger partial charge in [0.05, 0.1) is 32.3 Å². The molecule has 3 N–H and O–H groups in total. The highest BCUT2D eigenvalue weighted by molar-refractivity contribution is 8.00. The zero-order valence-electron chi connectivity index (χ0n) is 23.6. The molecule has 1 aromatic carbocycles. The zero-order chi connectivity index (χ0) is 28.6. The van der Waals surface area contributed by atoms with Crippen LogP contribution in [0.25, 0.3) is 0 Å². The molecule has 1 heterocycles. The van der Waals surface area contributed by atoms with Crippen LogP contribution in [0.5, 0.6) is 11.5 Å². The third-order valence-electron chi connectivity index (χ3n) is 9.36. The lowest BCUT2D eigenvalue weighted by atomic mass is 9.54. The maximum Gasteiger partial charge on any atom is 0.307 e. The first-order valence-electron chi connectivity index (χ1n) is 13.8. The average molecular weight is 563 g/mol. The number of methoxy groups -OCH3 is 2. The van der Waals surface area contributed by atoms with Gasteiger partial charge in [-0.05, 0) is 43.6 Å². The monoisotopic (exact) mass is 562 g/mol. The molecule has 0 aromatic heterocycles. The van der Waals surface area contributed by atoms with Crippen LogP contribution in [0.3, 0.4) is 0 Å². The van der Waals surface area contributed by atoms with Crippen molar-refractivity contribution in [3.8, 4) is 11.5 Å². The second kappa shape index (κ2) is 12.1. The van der Waals surface area contributed by atoms with Crippen LogP contribution in [0.4, 0.5) is 0 Å². The molecule has 39 heavy (non-hydrogen) atoms. The SMILES string of the molecule is CNC(=O)C1CC(SC2C(C)C3CC(C(C)C(=O)C3C(C)O)C2C(=O)O)CN1Cc1cccc(OC)c1OC. The maximum atomic E-state index is 13.2. The lowest BCUT2D eigenvalue weighted by Crippen LogP contribution is -2.57. The number of amides is 1. The number of fused-ring (bicyclic) bond motifs is 2. The van der Waals surface area contributed by atoms with Crippen molar-refractivity contribution >= 4 is 29.4 Å². The summed E-state index contributed by atoms with van der Waals surface area (Å²) in [4.78, 5) is 40.9. The van der Waals surface area contributed by atoms with Gasteiger partial charge in [-0.2, -0.15) is 11.8 Å². The van der Waals surface area contributed by atoms with Crippen molar-refractivity contribution in [3.05, 3.63) is 23.8 Å². The van der Waals surface area contributed by atoms with E-state index in [4.69, 9.17) is 9.47 Å². The number of nitrogens with zero attached hydrogens (tertiary/aromatic N) is 1. The van der Waals surface area contributed by atoms with Gasteiger partial charge in [-0.3, -0.25) is 19.3 Å². The number of carbonyl (C=O) groups is 3. The largest absolute Gasteiger partial charge is 0.493 e. The van der Waals surface area contributed by atoms with Gasteiger partial charge < -0.3 is 25.0 Å². The van der Waals surface area contributed by atoms with Gasteiger partial charge in [0, 0.05) is 48.0 Å². The number of para-hydroxylation sites is 1. The lowest BCUT2D eigenvalue weighted by Gasteiger charge is -2.53. The van der Waals surface area contributed by atoms with Crippen molar-refractivity contribution in [2.24, 2.45) is 35.5 Å². The molecule has 0 radical (unpaired) electrons.